The van der Waals surface area contributed by atoms with Crippen LogP contribution in [0.5, 0.6) is 0 Å². The second-order valence-corrected chi connectivity index (χ2v) is 21.6. The quantitative estimate of drug-likeness (QED) is 0.243. The molecule has 6 nitrogen and oxygen atoms in total. The molecular formula is C17H42O6Si3. The second kappa shape index (κ2) is 11.4. The smallest absolute Gasteiger partial charge is 0.323 e. The average Bonchev–Trinajstić information content (AvgIpc) is 2.35. The normalized spacial score (nSPS) is 15.9. The molecule has 0 aliphatic heterocycles. The molecule has 0 bridgehead atoms. The molecule has 1 atom stereocenters. The Morgan fingerprint density at radius 2 is 1.27 bits per heavy atom. The minimum atomic E-state index is -2.29. The van der Waals surface area contributed by atoms with E-state index in [4.69, 9.17) is 27.5 Å². The van der Waals surface area contributed by atoms with E-state index in [0.717, 1.165) is 12.8 Å². The van der Waals surface area contributed by atoms with Crippen LogP contribution in [-0.4, -0.2) is 69.1 Å². The van der Waals surface area contributed by atoms with Crippen molar-refractivity contribution in [1.29, 1.82) is 0 Å². The van der Waals surface area contributed by atoms with Crippen molar-refractivity contribution in [2.24, 2.45) is 0 Å². The third-order valence-corrected chi connectivity index (χ3v) is 9.45. The van der Waals surface area contributed by atoms with Gasteiger partial charge in [0.25, 0.3) is 0 Å². The third-order valence-electron chi connectivity index (χ3n) is 3.06. The van der Waals surface area contributed by atoms with Gasteiger partial charge in [-0.2, -0.15) is 0 Å². The zero-order chi connectivity index (χ0) is 20.5. The van der Waals surface area contributed by atoms with Gasteiger partial charge in [-0.1, -0.05) is 0 Å². The summed E-state index contributed by atoms with van der Waals surface area (Å²) in [6.45, 7) is 21.4. The topological polar surface area (TPSA) is 66.4 Å². The van der Waals surface area contributed by atoms with E-state index in [9.17, 15) is 0 Å². The maximum Gasteiger partial charge on any atom is 0.323 e. The predicted molar refractivity (Wildman–Crippen MR) is 114 cm³/mol. The lowest BCUT2D eigenvalue weighted by molar-refractivity contribution is -0.129. The van der Waals surface area contributed by atoms with E-state index in [2.05, 4.69) is 52.4 Å². The summed E-state index contributed by atoms with van der Waals surface area (Å²) in [6.07, 6.45) is 1.61. The first kappa shape index (κ1) is 26.4. The summed E-state index contributed by atoms with van der Waals surface area (Å²) in [7, 11) is -5.74. The number of ether oxygens (including phenoxy) is 2. The highest BCUT2D eigenvalue weighted by atomic mass is 28.4. The van der Waals surface area contributed by atoms with Crippen LogP contribution in [0.2, 0.25) is 52.4 Å². The molecular weight excluding hydrogens is 384 g/mol. The van der Waals surface area contributed by atoms with Gasteiger partial charge < -0.3 is 27.5 Å². The van der Waals surface area contributed by atoms with Crippen molar-refractivity contribution in [3.63, 3.8) is 0 Å². The molecule has 0 aliphatic rings. The van der Waals surface area contributed by atoms with E-state index in [0.29, 0.717) is 26.4 Å². The standard InChI is InChI=1S/C17H42O6Si3/c1-17(21-24(2,3)4,22-26(8,9)23-25(5,6)7)11-10-13-19-15-16-20-14-12-18/h18H,10-16H2,1-9H3. The monoisotopic (exact) mass is 426 g/mol. The van der Waals surface area contributed by atoms with Crippen molar-refractivity contribution in [1.82, 2.24) is 0 Å². The van der Waals surface area contributed by atoms with E-state index >= 15 is 0 Å². The lowest BCUT2D eigenvalue weighted by Gasteiger charge is -2.42. The Kier molecular flexibility index (Phi) is 11.6. The van der Waals surface area contributed by atoms with Crippen LogP contribution in [0, 0.1) is 0 Å². The van der Waals surface area contributed by atoms with Crippen LogP contribution < -0.4 is 0 Å². The van der Waals surface area contributed by atoms with E-state index in [1.807, 2.05) is 6.92 Å². The van der Waals surface area contributed by atoms with Gasteiger partial charge in [0.15, 0.2) is 16.6 Å². The molecule has 1 N–H and O–H groups in total. The van der Waals surface area contributed by atoms with Gasteiger partial charge in [0, 0.05) is 13.0 Å². The number of aliphatic hydroxyl groups is 1. The summed E-state index contributed by atoms with van der Waals surface area (Å²) in [5.41, 5.74) is 0. The van der Waals surface area contributed by atoms with Crippen molar-refractivity contribution < 1.29 is 27.5 Å². The fourth-order valence-corrected chi connectivity index (χ4v) is 11.7. The molecule has 0 saturated carbocycles. The highest BCUT2D eigenvalue weighted by Crippen LogP contribution is 2.30. The Bertz CT molecular complexity index is 382. The lowest BCUT2D eigenvalue weighted by Crippen LogP contribution is -2.53. The molecule has 1 unspecified atom stereocenters. The third kappa shape index (κ3) is 15.5. The molecule has 0 rings (SSSR count). The van der Waals surface area contributed by atoms with Crippen LogP contribution in [0.4, 0.5) is 0 Å². The molecule has 26 heavy (non-hydrogen) atoms. The minimum absolute atomic E-state index is 0.0445. The van der Waals surface area contributed by atoms with Crippen LogP contribution in [0.3, 0.4) is 0 Å². The number of hydrogen-bond acceptors (Lipinski definition) is 6. The summed E-state index contributed by atoms with van der Waals surface area (Å²) in [5.74, 6) is -0.642. The molecule has 0 saturated heterocycles. The van der Waals surface area contributed by atoms with Crippen LogP contribution in [-0.2, 0) is 22.4 Å². The van der Waals surface area contributed by atoms with E-state index in [1.54, 1.807) is 0 Å². The summed E-state index contributed by atoms with van der Waals surface area (Å²) >= 11 is 0. The van der Waals surface area contributed by atoms with Gasteiger partial charge in [-0.15, -0.1) is 0 Å². The molecule has 0 aromatic heterocycles. The fraction of sp³-hybridized carbons (Fsp3) is 1.00. The number of aliphatic hydroxyl groups excluding tert-OH is 1. The molecule has 0 radical (unpaired) electrons. The first-order chi connectivity index (χ1) is 11.7. The first-order valence-electron chi connectivity index (χ1n) is 9.55. The number of rotatable bonds is 15. The number of hydrogen-bond donors (Lipinski definition) is 1. The van der Waals surface area contributed by atoms with Crippen molar-refractivity contribution in [3.05, 3.63) is 0 Å². The van der Waals surface area contributed by atoms with E-state index < -0.39 is 31.0 Å². The summed E-state index contributed by atoms with van der Waals surface area (Å²) in [4.78, 5) is 0. The SMILES string of the molecule is CC(CCCOCCOCCO)(O[Si](C)(C)C)O[Si](C)(C)O[Si](C)(C)C. The molecule has 0 spiro atoms. The van der Waals surface area contributed by atoms with Gasteiger partial charge in [-0.05, 0) is 65.7 Å². The Hall–Kier alpha value is 0.411. The molecule has 0 aromatic rings. The zero-order valence-electron chi connectivity index (χ0n) is 18.4. The van der Waals surface area contributed by atoms with Crippen molar-refractivity contribution >= 4 is 25.2 Å². The minimum Gasteiger partial charge on any atom is -0.436 e. The van der Waals surface area contributed by atoms with Gasteiger partial charge in [0.1, 0.15) is 5.79 Å². The Morgan fingerprint density at radius 1 is 0.731 bits per heavy atom. The Morgan fingerprint density at radius 3 is 1.73 bits per heavy atom. The summed E-state index contributed by atoms with van der Waals surface area (Å²) < 4.78 is 30.0. The van der Waals surface area contributed by atoms with Crippen LogP contribution >= 0.6 is 0 Å². The zero-order valence-corrected chi connectivity index (χ0v) is 21.4. The molecule has 0 fully saturated rings. The molecule has 0 aromatic carbocycles. The van der Waals surface area contributed by atoms with Gasteiger partial charge in [0.05, 0.1) is 26.4 Å². The first-order valence-corrected chi connectivity index (χ1v) is 19.2. The Labute approximate surface area is 164 Å². The molecule has 0 amide bonds. The van der Waals surface area contributed by atoms with Crippen LogP contribution in [0.1, 0.15) is 19.8 Å². The van der Waals surface area contributed by atoms with Crippen LogP contribution in [0.25, 0.3) is 0 Å². The molecule has 9 heteroatoms. The van der Waals surface area contributed by atoms with Crippen molar-refractivity contribution in [2.75, 3.05) is 33.0 Å². The predicted octanol–water partition coefficient (Wildman–Crippen LogP) is 3.93. The van der Waals surface area contributed by atoms with Gasteiger partial charge in [0.2, 0.25) is 0 Å². The van der Waals surface area contributed by atoms with Crippen molar-refractivity contribution in [3.8, 4) is 0 Å². The maximum atomic E-state index is 8.66. The maximum absolute atomic E-state index is 8.66. The lowest BCUT2D eigenvalue weighted by atomic mass is 10.2. The highest BCUT2D eigenvalue weighted by Gasteiger charge is 2.41. The van der Waals surface area contributed by atoms with Crippen molar-refractivity contribution in [2.45, 2.75) is 77.9 Å². The molecule has 0 aliphatic carbocycles. The van der Waals surface area contributed by atoms with Crippen LogP contribution in [0.15, 0.2) is 0 Å². The summed E-state index contributed by atoms with van der Waals surface area (Å²) in [6, 6.07) is 0. The fourth-order valence-electron chi connectivity index (χ4n) is 2.93. The highest BCUT2D eigenvalue weighted by molar-refractivity contribution is 6.81. The van der Waals surface area contributed by atoms with E-state index in [-0.39, 0.29) is 6.61 Å². The largest absolute Gasteiger partial charge is 0.436 e. The molecule has 0 heterocycles. The molecule has 158 valence electrons. The second-order valence-electron chi connectivity index (χ2n) is 9.12. The van der Waals surface area contributed by atoms with Gasteiger partial charge in [-0.3, -0.25) is 0 Å². The van der Waals surface area contributed by atoms with E-state index in [1.165, 1.54) is 0 Å². The summed E-state index contributed by atoms with van der Waals surface area (Å²) in [5, 5.41) is 8.66. The average molecular weight is 427 g/mol. The van der Waals surface area contributed by atoms with Gasteiger partial charge in [-0.25, -0.2) is 0 Å². The Balaban J connectivity index is 4.59. The van der Waals surface area contributed by atoms with Gasteiger partial charge >= 0.3 is 8.56 Å².